The van der Waals surface area contributed by atoms with Crippen LogP contribution in [-0.4, -0.2) is 28.9 Å². The molecule has 4 rings (SSSR count). The number of anilines is 2. The zero-order chi connectivity index (χ0) is 23.2. The number of carbonyl (C=O) groups excluding carboxylic acids is 2. The van der Waals surface area contributed by atoms with E-state index in [4.69, 9.17) is 4.74 Å². The van der Waals surface area contributed by atoms with E-state index in [1.165, 1.54) is 7.11 Å². The van der Waals surface area contributed by atoms with Crippen LogP contribution in [0.4, 0.5) is 16.3 Å². The molecule has 0 aliphatic carbocycles. The second-order valence-electron chi connectivity index (χ2n) is 7.27. The van der Waals surface area contributed by atoms with Gasteiger partial charge in [0.1, 0.15) is 11.3 Å². The van der Waals surface area contributed by atoms with Crippen LogP contribution in [0.3, 0.4) is 0 Å². The Kier molecular flexibility index (Phi) is 6.50. The normalized spacial score (nSPS) is 10.5. The largest absolute Gasteiger partial charge is 0.465 e. The maximum Gasteiger partial charge on any atom is 0.343 e. The van der Waals surface area contributed by atoms with Gasteiger partial charge in [-0.15, -0.1) is 0 Å². The number of amides is 2. The fourth-order valence-electron chi connectivity index (χ4n) is 3.59. The molecule has 33 heavy (non-hydrogen) atoms. The van der Waals surface area contributed by atoms with Crippen LogP contribution in [0, 0.1) is 0 Å². The van der Waals surface area contributed by atoms with Crippen LogP contribution in [0.25, 0.3) is 16.9 Å². The summed E-state index contributed by atoms with van der Waals surface area (Å²) >= 11 is 0. The van der Waals surface area contributed by atoms with Gasteiger partial charge in [0.2, 0.25) is 0 Å². The number of urea groups is 1. The molecule has 4 aromatic rings. The molecule has 0 bridgehead atoms. The van der Waals surface area contributed by atoms with Crippen molar-refractivity contribution in [3.63, 3.8) is 0 Å². The van der Waals surface area contributed by atoms with E-state index in [0.717, 1.165) is 17.5 Å². The first-order chi connectivity index (χ1) is 16.1. The van der Waals surface area contributed by atoms with E-state index in [0.29, 0.717) is 17.1 Å². The number of benzene rings is 3. The van der Waals surface area contributed by atoms with Gasteiger partial charge < -0.3 is 10.1 Å². The quantitative estimate of drug-likeness (QED) is 0.386. The van der Waals surface area contributed by atoms with Crippen LogP contribution in [0.15, 0.2) is 84.9 Å². The Morgan fingerprint density at radius 3 is 2.18 bits per heavy atom. The molecule has 0 spiro atoms. The molecule has 7 nitrogen and oxygen atoms in total. The van der Waals surface area contributed by atoms with Gasteiger partial charge in [-0.3, -0.25) is 5.32 Å². The van der Waals surface area contributed by atoms with Gasteiger partial charge in [0.05, 0.1) is 12.8 Å². The number of nitrogens with one attached hydrogen (secondary N) is 2. The molecular weight excluding hydrogens is 416 g/mol. The van der Waals surface area contributed by atoms with Crippen LogP contribution in [-0.2, 0) is 11.2 Å². The third-order valence-electron chi connectivity index (χ3n) is 5.20. The number of rotatable bonds is 6. The smallest absolute Gasteiger partial charge is 0.343 e. The van der Waals surface area contributed by atoms with Crippen LogP contribution in [0.1, 0.15) is 22.8 Å². The molecule has 0 saturated carbocycles. The minimum atomic E-state index is -0.597. The lowest BCUT2D eigenvalue weighted by molar-refractivity contribution is 0.0603. The predicted molar refractivity (Wildman–Crippen MR) is 129 cm³/mol. The van der Waals surface area contributed by atoms with Gasteiger partial charge in [-0.05, 0) is 30.2 Å². The Balaban J connectivity index is 1.82. The van der Waals surface area contributed by atoms with Crippen molar-refractivity contribution >= 4 is 23.5 Å². The molecule has 0 saturated heterocycles. The molecule has 7 heteroatoms. The lowest BCUT2D eigenvalue weighted by atomic mass is 10.1. The molecule has 3 aromatic carbocycles. The zero-order valence-corrected chi connectivity index (χ0v) is 18.4. The third-order valence-corrected chi connectivity index (χ3v) is 5.20. The number of aromatic nitrogens is 2. The zero-order valence-electron chi connectivity index (χ0n) is 18.4. The number of esters is 1. The first-order valence-electron chi connectivity index (χ1n) is 10.6. The van der Waals surface area contributed by atoms with E-state index in [1.54, 1.807) is 4.68 Å². The number of methoxy groups -OCH3 is 1. The summed E-state index contributed by atoms with van der Waals surface area (Å²) in [7, 11) is 1.30. The van der Waals surface area contributed by atoms with Crippen LogP contribution < -0.4 is 10.6 Å². The van der Waals surface area contributed by atoms with Crippen molar-refractivity contribution in [2.24, 2.45) is 0 Å². The Bertz CT molecular complexity index is 1270. The lowest BCUT2D eigenvalue weighted by Crippen LogP contribution is -2.23. The minimum absolute atomic E-state index is 0.173. The summed E-state index contributed by atoms with van der Waals surface area (Å²) in [5, 5.41) is 10.4. The van der Waals surface area contributed by atoms with Crippen molar-refractivity contribution in [2.75, 3.05) is 17.7 Å². The molecule has 2 N–H and O–H groups in total. The summed E-state index contributed by atoms with van der Waals surface area (Å²) in [4.78, 5) is 25.9. The van der Waals surface area contributed by atoms with E-state index in [1.807, 2.05) is 91.9 Å². The van der Waals surface area contributed by atoms with Gasteiger partial charge in [0.15, 0.2) is 5.82 Å². The topological polar surface area (TPSA) is 85.2 Å². The highest BCUT2D eigenvalue weighted by molar-refractivity contribution is 6.07. The fraction of sp³-hybridized carbons (Fsp3) is 0.115. The number of carbonyl (C=O) groups is 2. The van der Waals surface area contributed by atoms with E-state index in [2.05, 4.69) is 15.7 Å². The predicted octanol–water partition coefficient (Wildman–Crippen LogP) is 5.53. The Morgan fingerprint density at radius 1 is 0.879 bits per heavy atom. The first kappa shape index (κ1) is 21.8. The second kappa shape index (κ2) is 9.82. The summed E-state index contributed by atoms with van der Waals surface area (Å²) in [6.07, 6.45) is 0.768. The van der Waals surface area contributed by atoms with Gasteiger partial charge in [-0.1, -0.05) is 73.7 Å². The van der Waals surface area contributed by atoms with E-state index < -0.39 is 12.0 Å². The number of aryl methyl sites for hydroxylation is 1. The highest BCUT2D eigenvalue weighted by Crippen LogP contribution is 2.32. The molecule has 0 fully saturated rings. The van der Waals surface area contributed by atoms with E-state index in [-0.39, 0.29) is 11.4 Å². The third kappa shape index (κ3) is 4.62. The molecule has 1 heterocycles. The summed E-state index contributed by atoms with van der Waals surface area (Å²) in [5.41, 5.74) is 3.71. The lowest BCUT2D eigenvalue weighted by Gasteiger charge is -2.13. The molecule has 166 valence electrons. The summed E-state index contributed by atoms with van der Waals surface area (Å²) in [6.45, 7) is 2.02. The summed E-state index contributed by atoms with van der Waals surface area (Å²) in [6, 6.07) is 25.7. The molecule has 0 radical (unpaired) electrons. The van der Waals surface area contributed by atoms with Gasteiger partial charge >= 0.3 is 12.0 Å². The first-order valence-corrected chi connectivity index (χ1v) is 10.6. The number of ether oxygens (including phenoxy) is 1. The highest BCUT2D eigenvalue weighted by Gasteiger charge is 2.27. The van der Waals surface area contributed by atoms with Crippen molar-refractivity contribution in [1.29, 1.82) is 0 Å². The summed E-state index contributed by atoms with van der Waals surface area (Å²) in [5.74, 6) is -0.376. The number of hydrogen-bond acceptors (Lipinski definition) is 4. The number of nitrogens with zero attached hydrogens (tertiary/aromatic N) is 2. The maximum absolute atomic E-state index is 13.0. The average Bonchev–Trinajstić information content (AvgIpc) is 3.23. The van der Waals surface area contributed by atoms with Crippen molar-refractivity contribution in [2.45, 2.75) is 13.3 Å². The van der Waals surface area contributed by atoms with Crippen molar-refractivity contribution in [3.05, 3.63) is 96.1 Å². The number of para-hydroxylation sites is 2. The van der Waals surface area contributed by atoms with Crippen LogP contribution in [0.2, 0.25) is 0 Å². The van der Waals surface area contributed by atoms with E-state index in [9.17, 15) is 9.59 Å². The standard InChI is InChI=1S/C26H24N4O3/c1-3-18-12-10-11-17-21(18)27-26(32)28-24-22(25(31)33-2)23(19-13-6-4-7-14-19)29-30(24)20-15-8-5-9-16-20/h4-17H,3H2,1-2H3,(H2,27,28,32). The molecule has 0 aliphatic heterocycles. The van der Waals surface area contributed by atoms with Gasteiger partial charge in [-0.2, -0.15) is 5.10 Å². The fourth-order valence-corrected chi connectivity index (χ4v) is 3.59. The molecule has 0 atom stereocenters. The molecule has 0 aliphatic rings. The van der Waals surface area contributed by atoms with Gasteiger partial charge in [-0.25, -0.2) is 14.3 Å². The highest BCUT2D eigenvalue weighted by atomic mass is 16.5. The Hall–Kier alpha value is -4.39. The van der Waals surface area contributed by atoms with Gasteiger partial charge in [0.25, 0.3) is 0 Å². The Labute approximate surface area is 192 Å². The molecule has 1 aromatic heterocycles. The molecular formula is C26H24N4O3. The van der Waals surface area contributed by atoms with Crippen molar-refractivity contribution in [3.8, 4) is 16.9 Å². The number of hydrogen-bond donors (Lipinski definition) is 2. The van der Waals surface area contributed by atoms with Gasteiger partial charge in [0, 0.05) is 11.3 Å². The van der Waals surface area contributed by atoms with E-state index >= 15 is 0 Å². The van der Waals surface area contributed by atoms with Crippen LogP contribution in [0.5, 0.6) is 0 Å². The SMILES string of the molecule is CCc1ccccc1NC(=O)Nc1c(C(=O)OC)c(-c2ccccc2)nn1-c1ccccc1. The Morgan fingerprint density at radius 2 is 1.52 bits per heavy atom. The molecule has 2 amide bonds. The average molecular weight is 441 g/mol. The van der Waals surface area contributed by atoms with Crippen LogP contribution >= 0.6 is 0 Å². The van der Waals surface area contributed by atoms with Crippen molar-refractivity contribution in [1.82, 2.24) is 9.78 Å². The second-order valence-corrected chi connectivity index (χ2v) is 7.27. The molecule has 0 unspecified atom stereocenters. The van der Waals surface area contributed by atoms with Crippen molar-refractivity contribution < 1.29 is 14.3 Å². The summed E-state index contributed by atoms with van der Waals surface area (Å²) < 4.78 is 6.60. The monoisotopic (exact) mass is 440 g/mol. The minimum Gasteiger partial charge on any atom is -0.465 e. The maximum atomic E-state index is 13.0.